The van der Waals surface area contributed by atoms with Crippen molar-refractivity contribution >= 4 is 16.9 Å². The van der Waals surface area contributed by atoms with E-state index in [0.717, 1.165) is 46.8 Å². The molecule has 3 rings (SSSR count). The number of hydrogen-bond donors (Lipinski definition) is 1. The first-order chi connectivity index (χ1) is 13.5. The third-order valence-corrected chi connectivity index (χ3v) is 5.05. The molecule has 5 nitrogen and oxygen atoms in total. The quantitative estimate of drug-likeness (QED) is 0.538. The monoisotopic (exact) mass is 380 g/mol. The number of ether oxygens (including phenoxy) is 1. The molecule has 0 saturated heterocycles. The third kappa shape index (κ3) is 4.04. The molecular weight excluding hydrogens is 348 g/mol. The van der Waals surface area contributed by atoms with E-state index in [0.29, 0.717) is 19.1 Å². The number of rotatable bonds is 8. The Balaban J connectivity index is 2.12. The minimum absolute atomic E-state index is 0.374. The topological polar surface area (TPSA) is 52.0 Å². The van der Waals surface area contributed by atoms with Crippen LogP contribution in [0, 0.1) is 13.8 Å². The minimum Gasteiger partial charge on any atom is -0.383 e. The van der Waals surface area contributed by atoms with Crippen LogP contribution >= 0.6 is 0 Å². The van der Waals surface area contributed by atoms with Gasteiger partial charge in [0.2, 0.25) is 0 Å². The molecule has 0 fully saturated rings. The molecule has 0 spiro atoms. The average molecular weight is 381 g/mol. The van der Waals surface area contributed by atoms with Crippen molar-refractivity contribution < 1.29 is 4.74 Å². The lowest BCUT2D eigenvalue weighted by molar-refractivity contribution is 0.210. The highest BCUT2D eigenvalue weighted by Gasteiger charge is 2.16. The Kier molecular flexibility index (Phi) is 6.35. The third-order valence-electron chi connectivity index (χ3n) is 5.05. The van der Waals surface area contributed by atoms with Crippen LogP contribution in [-0.4, -0.2) is 34.8 Å². The molecule has 0 saturated carbocycles. The van der Waals surface area contributed by atoms with Crippen molar-refractivity contribution in [3.05, 3.63) is 41.2 Å². The van der Waals surface area contributed by atoms with E-state index >= 15 is 0 Å². The molecule has 0 aliphatic carbocycles. The second-order valence-corrected chi connectivity index (χ2v) is 7.73. The summed E-state index contributed by atoms with van der Waals surface area (Å²) in [6.45, 7) is 13.2. The van der Waals surface area contributed by atoms with Crippen molar-refractivity contribution in [3.8, 4) is 11.3 Å². The first-order valence-electron chi connectivity index (χ1n) is 10.2. The standard InChI is InChI=1S/C23H32N4O/c1-7-11-27-14-17(5)22-20(27)13-16(4)21(26-22)18-8-9-19(15(2)3)25-23(18)24-10-12-28-6/h8-9,13-15H,7,10-12H2,1-6H3,(H,24,25). The van der Waals surface area contributed by atoms with Crippen LogP contribution in [0.3, 0.4) is 0 Å². The summed E-state index contributed by atoms with van der Waals surface area (Å²) in [6.07, 6.45) is 3.32. The molecule has 0 unspecified atom stereocenters. The van der Waals surface area contributed by atoms with Crippen molar-refractivity contribution in [3.63, 3.8) is 0 Å². The molecule has 0 aliphatic rings. The molecule has 0 aliphatic heterocycles. The summed E-state index contributed by atoms with van der Waals surface area (Å²) in [4.78, 5) is 9.97. The van der Waals surface area contributed by atoms with Crippen LogP contribution in [-0.2, 0) is 11.3 Å². The molecular formula is C23H32N4O. The highest BCUT2D eigenvalue weighted by molar-refractivity contribution is 5.86. The zero-order valence-electron chi connectivity index (χ0n) is 18.0. The number of methoxy groups -OCH3 is 1. The van der Waals surface area contributed by atoms with Gasteiger partial charge in [0.05, 0.1) is 23.3 Å². The molecule has 0 amide bonds. The van der Waals surface area contributed by atoms with Crippen LogP contribution in [0.4, 0.5) is 5.82 Å². The van der Waals surface area contributed by atoms with Gasteiger partial charge in [-0.25, -0.2) is 9.97 Å². The van der Waals surface area contributed by atoms with E-state index in [9.17, 15) is 0 Å². The number of pyridine rings is 2. The normalized spacial score (nSPS) is 11.5. The van der Waals surface area contributed by atoms with Crippen molar-refractivity contribution in [1.82, 2.24) is 14.5 Å². The van der Waals surface area contributed by atoms with Gasteiger partial charge in [-0.1, -0.05) is 20.8 Å². The Bertz CT molecular complexity index is 959. The number of aromatic nitrogens is 3. The van der Waals surface area contributed by atoms with E-state index in [1.54, 1.807) is 7.11 Å². The number of nitrogens with one attached hydrogen (secondary N) is 1. The van der Waals surface area contributed by atoms with Gasteiger partial charge < -0.3 is 14.6 Å². The van der Waals surface area contributed by atoms with Crippen molar-refractivity contribution in [2.45, 2.75) is 53.5 Å². The zero-order valence-corrected chi connectivity index (χ0v) is 18.0. The molecule has 28 heavy (non-hydrogen) atoms. The first kappa shape index (κ1) is 20.3. The van der Waals surface area contributed by atoms with E-state index in [4.69, 9.17) is 14.7 Å². The summed E-state index contributed by atoms with van der Waals surface area (Å²) >= 11 is 0. The van der Waals surface area contributed by atoms with Crippen LogP contribution in [0.5, 0.6) is 0 Å². The van der Waals surface area contributed by atoms with Gasteiger partial charge >= 0.3 is 0 Å². The van der Waals surface area contributed by atoms with Crippen molar-refractivity contribution in [2.75, 3.05) is 25.6 Å². The van der Waals surface area contributed by atoms with E-state index in [2.05, 4.69) is 68.9 Å². The van der Waals surface area contributed by atoms with Crippen LogP contribution in [0.1, 0.15) is 49.9 Å². The smallest absolute Gasteiger partial charge is 0.135 e. The van der Waals surface area contributed by atoms with E-state index < -0.39 is 0 Å². The minimum atomic E-state index is 0.374. The highest BCUT2D eigenvalue weighted by Crippen LogP contribution is 2.32. The number of hydrogen-bond acceptors (Lipinski definition) is 4. The molecule has 3 heterocycles. The predicted octanol–water partition coefficient (Wildman–Crippen LogP) is 5.31. The lowest BCUT2D eigenvalue weighted by Crippen LogP contribution is -2.11. The number of anilines is 1. The van der Waals surface area contributed by atoms with Gasteiger partial charge in [-0.3, -0.25) is 0 Å². The summed E-state index contributed by atoms with van der Waals surface area (Å²) < 4.78 is 7.51. The fourth-order valence-electron chi connectivity index (χ4n) is 3.56. The fourth-order valence-corrected chi connectivity index (χ4v) is 3.56. The van der Waals surface area contributed by atoms with Gasteiger partial charge in [-0.05, 0) is 55.5 Å². The van der Waals surface area contributed by atoms with E-state index in [1.807, 2.05) is 0 Å². The predicted molar refractivity (Wildman–Crippen MR) is 117 cm³/mol. The molecule has 0 aromatic carbocycles. The molecule has 1 N–H and O–H groups in total. The Morgan fingerprint density at radius 1 is 1.14 bits per heavy atom. The number of fused-ring (bicyclic) bond motifs is 1. The molecule has 0 radical (unpaired) electrons. The maximum atomic E-state index is 5.20. The van der Waals surface area contributed by atoms with Crippen molar-refractivity contribution in [1.29, 1.82) is 0 Å². The highest BCUT2D eigenvalue weighted by atomic mass is 16.5. The van der Waals surface area contributed by atoms with Gasteiger partial charge in [-0.2, -0.15) is 0 Å². The van der Waals surface area contributed by atoms with Crippen LogP contribution < -0.4 is 5.32 Å². The van der Waals surface area contributed by atoms with Gasteiger partial charge in [0.25, 0.3) is 0 Å². The Labute approximate surface area is 168 Å². The van der Waals surface area contributed by atoms with E-state index in [-0.39, 0.29) is 0 Å². The molecule has 5 heteroatoms. The molecule has 150 valence electrons. The number of nitrogens with zero attached hydrogens (tertiary/aromatic N) is 3. The molecule has 3 aromatic rings. The summed E-state index contributed by atoms with van der Waals surface area (Å²) in [6, 6.07) is 6.52. The van der Waals surface area contributed by atoms with E-state index in [1.165, 1.54) is 11.1 Å². The second kappa shape index (κ2) is 8.74. The largest absolute Gasteiger partial charge is 0.383 e. The van der Waals surface area contributed by atoms with Crippen molar-refractivity contribution in [2.24, 2.45) is 0 Å². The zero-order chi connectivity index (χ0) is 20.3. The second-order valence-electron chi connectivity index (χ2n) is 7.73. The van der Waals surface area contributed by atoms with Gasteiger partial charge in [0.15, 0.2) is 0 Å². The molecule has 0 bridgehead atoms. The van der Waals surface area contributed by atoms with Crippen LogP contribution in [0.25, 0.3) is 22.3 Å². The lowest BCUT2D eigenvalue weighted by Gasteiger charge is -2.16. The Morgan fingerprint density at radius 2 is 1.93 bits per heavy atom. The Hall–Kier alpha value is -2.40. The summed E-state index contributed by atoms with van der Waals surface area (Å²) in [5.41, 5.74) is 7.77. The summed E-state index contributed by atoms with van der Waals surface area (Å²) in [5, 5.41) is 3.44. The first-order valence-corrected chi connectivity index (χ1v) is 10.2. The molecule has 0 atom stereocenters. The fraction of sp³-hybridized carbons (Fsp3) is 0.478. The average Bonchev–Trinajstić information content (AvgIpc) is 2.96. The lowest BCUT2D eigenvalue weighted by atomic mass is 10.0. The SMILES string of the molecule is CCCn1cc(C)c2nc(-c3ccc(C(C)C)nc3NCCOC)c(C)cc21. The maximum Gasteiger partial charge on any atom is 0.135 e. The molecule has 3 aromatic heterocycles. The van der Waals surface area contributed by atoms with Gasteiger partial charge in [0, 0.05) is 37.7 Å². The van der Waals surface area contributed by atoms with Crippen LogP contribution in [0.2, 0.25) is 0 Å². The summed E-state index contributed by atoms with van der Waals surface area (Å²) in [5.74, 6) is 1.25. The maximum absolute atomic E-state index is 5.20. The summed E-state index contributed by atoms with van der Waals surface area (Å²) in [7, 11) is 1.71. The number of aryl methyl sites for hydroxylation is 3. The van der Waals surface area contributed by atoms with Crippen LogP contribution in [0.15, 0.2) is 24.4 Å². The Morgan fingerprint density at radius 3 is 2.61 bits per heavy atom. The van der Waals surface area contributed by atoms with Gasteiger partial charge in [-0.15, -0.1) is 0 Å². The van der Waals surface area contributed by atoms with Gasteiger partial charge in [0.1, 0.15) is 5.82 Å².